The standard InChI is InChI=1S/C10H8F2O/c11-10(12)9(13)7-6-8-4-2-1-3-5-8/h1-5,9-10,13H. The maximum atomic E-state index is 11.8. The molecule has 0 aliphatic heterocycles. The summed E-state index contributed by atoms with van der Waals surface area (Å²) >= 11 is 0. The largest absolute Gasteiger partial charge is 0.375 e. The highest BCUT2D eigenvalue weighted by Crippen LogP contribution is 2.00. The molecule has 1 rings (SSSR count). The molecule has 1 unspecified atom stereocenters. The van der Waals surface area contributed by atoms with Crippen molar-refractivity contribution in [1.29, 1.82) is 0 Å². The first-order chi connectivity index (χ1) is 6.20. The molecule has 68 valence electrons. The highest BCUT2D eigenvalue weighted by molar-refractivity contribution is 5.34. The van der Waals surface area contributed by atoms with Gasteiger partial charge in [-0.2, -0.15) is 0 Å². The summed E-state index contributed by atoms with van der Waals surface area (Å²) in [6.07, 6.45) is -4.67. The number of aliphatic hydroxyl groups is 1. The highest BCUT2D eigenvalue weighted by atomic mass is 19.3. The third kappa shape index (κ3) is 3.22. The van der Waals surface area contributed by atoms with Gasteiger partial charge < -0.3 is 5.11 Å². The second-order valence-electron chi connectivity index (χ2n) is 2.41. The van der Waals surface area contributed by atoms with Crippen molar-refractivity contribution in [3.05, 3.63) is 35.9 Å². The lowest BCUT2D eigenvalue weighted by Gasteiger charge is -1.98. The van der Waals surface area contributed by atoms with Crippen LogP contribution in [0.3, 0.4) is 0 Å². The molecule has 0 amide bonds. The fraction of sp³-hybridized carbons (Fsp3) is 0.200. The van der Waals surface area contributed by atoms with Gasteiger partial charge in [-0.3, -0.25) is 0 Å². The summed E-state index contributed by atoms with van der Waals surface area (Å²) in [4.78, 5) is 0. The van der Waals surface area contributed by atoms with Crippen molar-refractivity contribution in [2.24, 2.45) is 0 Å². The van der Waals surface area contributed by atoms with E-state index in [0.717, 1.165) is 0 Å². The van der Waals surface area contributed by atoms with Crippen LogP contribution in [0.2, 0.25) is 0 Å². The van der Waals surface area contributed by atoms with Crippen molar-refractivity contribution in [3.8, 4) is 11.8 Å². The minimum atomic E-state index is -2.81. The van der Waals surface area contributed by atoms with Crippen molar-refractivity contribution in [3.63, 3.8) is 0 Å². The molecule has 0 heterocycles. The van der Waals surface area contributed by atoms with E-state index in [9.17, 15) is 8.78 Å². The summed E-state index contributed by atoms with van der Waals surface area (Å²) < 4.78 is 23.6. The molecule has 0 aliphatic carbocycles. The van der Waals surface area contributed by atoms with E-state index in [1.165, 1.54) is 0 Å². The van der Waals surface area contributed by atoms with Gasteiger partial charge in [0.15, 0.2) is 6.10 Å². The molecule has 0 bridgehead atoms. The van der Waals surface area contributed by atoms with Gasteiger partial charge in [-0.15, -0.1) is 0 Å². The van der Waals surface area contributed by atoms with Crippen LogP contribution in [0, 0.1) is 11.8 Å². The predicted octanol–water partition coefficient (Wildman–Crippen LogP) is 1.66. The van der Waals surface area contributed by atoms with Gasteiger partial charge in [0.2, 0.25) is 0 Å². The SMILES string of the molecule is OC(C#Cc1ccccc1)C(F)F. The van der Waals surface area contributed by atoms with Crippen molar-refractivity contribution in [2.75, 3.05) is 0 Å². The zero-order chi connectivity index (χ0) is 9.68. The molecule has 1 N–H and O–H groups in total. The van der Waals surface area contributed by atoms with E-state index >= 15 is 0 Å². The number of hydrogen-bond donors (Lipinski definition) is 1. The Morgan fingerprint density at radius 3 is 2.31 bits per heavy atom. The fourth-order valence-electron chi connectivity index (χ4n) is 0.742. The van der Waals surface area contributed by atoms with Crippen LogP contribution in [-0.2, 0) is 0 Å². The topological polar surface area (TPSA) is 20.2 Å². The van der Waals surface area contributed by atoms with Crippen LogP contribution < -0.4 is 0 Å². The Kier molecular flexibility index (Phi) is 3.41. The van der Waals surface area contributed by atoms with Gasteiger partial charge in [0.05, 0.1) is 0 Å². The molecule has 0 fully saturated rings. The summed E-state index contributed by atoms with van der Waals surface area (Å²) in [5.74, 6) is 4.50. The quantitative estimate of drug-likeness (QED) is 0.655. The zero-order valence-electron chi connectivity index (χ0n) is 6.74. The second-order valence-corrected chi connectivity index (χ2v) is 2.41. The summed E-state index contributed by atoms with van der Waals surface area (Å²) in [6.45, 7) is 0. The molecule has 0 aliphatic rings. The van der Waals surface area contributed by atoms with E-state index in [1.807, 2.05) is 0 Å². The Labute approximate surface area is 75.0 Å². The molecule has 0 saturated heterocycles. The van der Waals surface area contributed by atoms with Crippen LogP contribution in [0.25, 0.3) is 0 Å². The highest BCUT2D eigenvalue weighted by Gasteiger charge is 2.12. The summed E-state index contributed by atoms with van der Waals surface area (Å²) in [5, 5.41) is 8.66. The molecule has 0 spiro atoms. The maximum absolute atomic E-state index is 11.8. The lowest BCUT2D eigenvalue weighted by molar-refractivity contribution is 0.0296. The number of rotatable bonds is 1. The molecule has 0 radical (unpaired) electrons. The lowest BCUT2D eigenvalue weighted by atomic mass is 10.2. The Morgan fingerprint density at radius 2 is 1.77 bits per heavy atom. The van der Waals surface area contributed by atoms with Crippen LogP contribution in [-0.4, -0.2) is 17.6 Å². The molecule has 0 aromatic heterocycles. The molecule has 13 heavy (non-hydrogen) atoms. The number of benzene rings is 1. The normalized spacial score (nSPS) is 12.0. The first kappa shape index (κ1) is 9.69. The third-order valence-corrected chi connectivity index (χ3v) is 1.38. The zero-order valence-corrected chi connectivity index (χ0v) is 6.74. The molecular weight excluding hydrogens is 174 g/mol. The Balaban J connectivity index is 2.68. The van der Waals surface area contributed by atoms with E-state index in [2.05, 4.69) is 11.8 Å². The van der Waals surface area contributed by atoms with E-state index in [4.69, 9.17) is 5.11 Å². The minimum absolute atomic E-state index is 0.613. The first-order valence-electron chi connectivity index (χ1n) is 3.73. The molecule has 0 saturated carbocycles. The summed E-state index contributed by atoms with van der Waals surface area (Å²) in [6, 6.07) is 8.67. The van der Waals surface area contributed by atoms with Gasteiger partial charge in [-0.25, -0.2) is 8.78 Å². The summed E-state index contributed by atoms with van der Waals surface area (Å²) in [5.41, 5.74) is 0.613. The molecule has 3 heteroatoms. The van der Waals surface area contributed by atoms with E-state index in [1.54, 1.807) is 30.3 Å². The lowest BCUT2D eigenvalue weighted by Crippen LogP contribution is -2.14. The smallest absolute Gasteiger partial charge is 0.275 e. The van der Waals surface area contributed by atoms with Crippen LogP contribution in [0.4, 0.5) is 8.78 Å². The van der Waals surface area contributed by atoms with Crippen molar-refractivity contribution >= 4 is 0 Å². The Morgan fingerprint density at radius 1 is 1.15 bits per heavy atom. The van der Waals surface area contributed by atoms with Crippen LogP contribution in [0.15, 0.2) is 30.3 Å². The maximum Gasteiger partial charge on any atom is 0.275 e. The molecular formula is C10H8F2O. The first-order valence-corrected chi connectivity index (χ1v) is 3.73. The number of alkyl halides is 2. The van der Waals surface area contributed by atoms with E-state index in [-0.39, 0.29) is 0 Å². The molecule has 1 nitrogen and oxygen atoms in total. The van der Waals surface area contributed by atoms with Crippen LogP contribution in [0.5, 0.6) is 0 Å². The van der Waals surface area contributed by atoms with E-state index < -0.39 is 12.5 Å². The van der Waals surface area contributed by atoms with Gasteiger partial charge in [-0.05, 0) is 12.1 Å². The second kappa shape index (κ2) is 4.58. The average Bonchev–Trinajstić information content (AvgIpc) is 2.15. The fourth-order valence-corrected chi connectivity index (χ4v) is 0.742. The molecule has 1 atom stereocenters. The minimum Gasteiger partial charge on any atom is -0.375 e. The van der Waals surface area contributed by atoms with Crippen molar-refractivity contribution in [2.45, 2.75) is 12.5 Å². The van der Waals surface area contributed by atoms with Gasteiger partial charge in [0.1, 0.15) is 0 Å². The Bertz CT molecular complexity index is 311. The molecule has 1 aromatic carbocycles. The van der Waals surface area contributed by atoms with Gasteiger partial charge >= 0.3 is 0 Å². The van der Waals surface area contributed by atoms with Gasteiger partial charge in [0.25, 0.3) is 6.43 Å². The van der Waals surface area contributed by atoms with Gasteiger partial charge in [-0.1, -0.05) is 30.0 Å². The number of aliphatic hydroxyl groups excluding tert-OH is 1. The predicted molar refractivity (Wildman–Crippen MR) is 45.3 cm³/mol. The number of hydrogen-bond acceptors (Lipinski definition) is 1. The Hall–Kier alpha value is -1.40. The third-order valence-electron chi connectivity index (χ3n) is 1.38. The number of halogens is 2. The van der Waals surface area contributed by atoms with Crippen molar-refractivity contribution in [1.82, 2.24) is 0 Å². The van der Waals surface area contributed by atoms with Crippen LogP contribution >= 0.6 is 0 Å². The van der Waals surface area contributed by atoms with Gasteiger partial charge in [0, 0.05) is 5.56 Å². The van der Waals surface area contributed by atoms with E-state index in [0.29, 0.717) is 5.56 Å². The molecule has 1 aromatic rings. The monoisotopic (exact) mass is 182 g/mol. The summed E-state index contributed by atoms with van der Waals surface area (Å²) in [7, 11) is 0. The van der Waals surface area contributed by atoms with Crippen molar-refractivity contribution < 1.29 is 13.9 Å². The van der Waals surface area contributed by atoms with Crippen LogP contribution in [0.1, 0.15) is 5.56 Å². The average molecular weight is 182 g/mol.